The lowest BCUT2D eigenvalue weighted by molar-refractivity contribution is 1.09. The van der Waals surface area contributed by atoms with Crippen molar-refractivity contribution in [3.63, 3.8) is 0 Å². The van der Waals surface area contributed by atoms with Crippen molar-refractivity contribution in [2.24, 2.45) is 0 Å². The molecule has 0 spiro atoms. The Kier molecular flexibility index (Phi) is 33.7. The lowest BCUT2D eigenvalue weighted by Gasteiger charge is -2.00. The molecule has 7 aromatic carbocycles. The molecule has 0 radical (unpaired) electrons. The Morgan fingerprint density at radius 3 is 1.02 bits per heavy atom. The molecule has 58 heavy (non-hydrogen) atoms. The van der Waals surface area contributed by atoms with Crippen molar-refractivity contribution in [2.45, 2.75) is 74.7 Å². The van der Waals surface area contributed by atoms with Crippen LogP contribution in [-0.4, -0.2) is 0 Å². The molecule has 2 N–H and O–H groups in total. The van der Waals surface area contributed by atoms with Gasteiger partial charge in [-0.25, -0.2) is 0 Å². The van der Waals surface area contributed by atoms with Crippen LogP contribution in [0.4, 0.5) is 5.69 Å². The first kappa shape index (κ1) is 51.8. The van der Waals surface area contributed by atoms with Crippen LogP contribution in [0.25, 0.3) is 22.3 Å². The molecule has 0 bridgehead atoms. The second-order valence-electron chi connectivity index (χ2n) is 12.5. The Hall–Kier alpha value is -6.18. The van der Waals surface area contributed by atoms with E-state index in [1.165, 1.54) is 45.4 Å². The summed E-state index contributed by atoms with van der Waals surface area (Å²) in [4.78, 5) is 0. The summed E-state index contributed by atoms with van der Waals surface area (Å²) in [6.07, 6.45) is 7.42. The van der Waals surface area contributed by atoms with Crippen LogP contribution in [-0.2, 0) is 6.42 Å². The fourth-order valence-corrected chi connectivity index (χ4v) is 4.76. The zero-order valence-electron chi connectivity index (χ0n) is 36.8. The van der Waals surface area contributed by atoms with Gasteiger partial charge < -0.3 is 5.73 Å². The average Bonchev–Trinajstić information content (AvgIpc) is 3.30. The van der Waals surface area contributed by atoms with E-state index in [-0.39, 0.29) is 0 Å². The van der Waals surface area contributed by atoms with Crippen molar-refractivity contribution in [1.82, 2.24) is 0 Å². The SMILES string of the molecule is C=CC/C=C(/C)Cc1ccccc1.CC.CC.CCC.Cc1ccccc1.Nc1ccc(-c2ccccc2)cc1.c1ccc(-c2ccccc2)cc1.c1ccccc1. The zero-order chi connectivity index (χ0) is 42.9. The summed E-state index contributed by atoms with van der Waals surface area (Å²) in [6, 6.07) is 71.7. The van der Waals surface area contributed by atoms with Gasteiger partial charge in [-0.3, -0.25) is 0 Å². The maximum atomic E-state index is 5.60. The summed E-state index contributed by atoms with van der Waals surface area (Å²) in [6.45, 7) is 20.2. The van der Waals surface area contributed by atoms with Gasteiger partial charge in [0.15, 0.2) is 0 Å². The van der Waals surface area contributed by atoms with Gasteiger partial charge in [-0.2, -0.15) is 0 Å². The van der Waals surface area contributed by atoms with Crippen molar-refractivity contribution >= 4 is 5.69 Å². The summed E-state index contributed by atoms with van der Waals surface area (Å²) in [7, 11) is 0. The number of aryl methyl sites for hydroxylation is 1. The first-order chi connectivity index (χ1) is 28.5. The Balaban J connectivity index is 0.000000688. The second kappa shape index (κ2) is 37.7. The smallest absolute Gasteiger partial charge is 0.0314 e. The van der Waals surface area contributed by atoms with Crippen molar-refractivity contribution in [3.05, 3.63) is 248 Å². The Labute approximate surface area is 354 Å². The maximum Gasteiger partial charge on any atom is 0.0314 e. The molecule has 0 aromatic heterocycles. The molecule has 0 atom stereocenters. The molecule has 0 saturated heterocycles. The van der Waals surface area contributed by atoms with E-state index in [1.807, 2.05) is 149 Å². The van der Waals surface area contributed by atoms with Gasteiger partial charge >= 0.3 is 0 Å². The van der Waals surface area contributed by atoms with E-state index in [2.05, 4.69) is 137 Å². The van der Waals surface area contributed by atoms with Gasteiger partial charge in [-0.15, -0.1) is 6.58 Å². The molecule has 0 heterocycles. The summed E-state index contributed by atoms with van der Waals surface area (Å²) < 4.78 is 0. The minimum atomic E-state index is 0.805. The molecule has 7 rings (SSSR count). The van der Waals surface area contributed by atoms with Crippen LogP contribution in [0.15, 0.2) is 237 Å². The quantitative estimate of drug-likeness (QED) is 0.132. The van der Waals surface area contributed by atoms with Gasteiger partial charge in [-0.1, -0.05) is 271 Å². The molecule has 0 fully saturated rings. The highest BCUT2D eigenvalue weighted by Crippen LogP contribution is 2.20. The Morgan fingerprint density at radius 1 is 0.448 bits per heavy atom. The Morgan fingerprint density at radius 2 is 0.724 bits per heavy atom. The van der Waals surface area contributed by atoms with Crippen LogP contribution in [0.5, 0.6) is 0 Å². The third-order valence-electron chi connectivity index (χ3n) is 7.46. The van der Waals surface area contributed by atoms with E-state index >= 15 is 0 Å². The number of hydrogen-bond donors (Lipinski definition) is 1. The van der Waals surface area contributed by atoms with Crippen LogP contribution >= 0.6 is 0 Å². The first-order valence-corrected chi connectivity index (χ1v) is 20.8. The van der Waals surface area contributed by atoms with Gasteiger partial charge in [0.25, 0.3) is 0 Å². The van der Waals surface area contributed by atoms with Crippen LogP contribution in [0, 0.1) is 6.92 Å². The number of hydrogen-bond acceptors (Lipinski definition) is 1. The molecule has 0 aliphatic heterocycles. The van der Waals surface area contributed by atoms with Crippen LogP contribution < -0.4 is 5.73 Å². The molecule has 0 aliphatic rings. The molecular weight excluding hydrogens is 699 g/mol. The van der Waals surface area contributed by atoms with E-state index in [9.17, 15) is 0 Å². The van der Waals surface area contributed by atoms with Gasteiger partial charge in [-0.05, 0) is 66.6 Å². The number of nitrogen functional groups attached to an aromatic ring is 1. The highest BCUT2D eigenvalue weighted by atomic mass is 14.5. The van der Waals surface area contributed by atoms with Crippen molar-refractivity contribution in [1.29, 1.82) is 0 Å². The summed E-state index contributed by atoms with van der Waals surface area (Å²) in [5.74, 6) is 0. The normalized spacial score (nSPS) is 9.14. The van der Waals surface area contributed by atoms with Crippen molar-refractivity contribution < 1.29 is 0 Å². The molecule has 304 valence electrons. The Bertz CT molecular complexity index is 1820. The molecule has 0 unspecified atom stereocenters. The van der Waals surface area contributed by atoms with E-state index in [0.717, 1.165) is 18.5 Å². The van der Waals surface area contributed by atoms with Crippen LogP contribution in [0.1, 0.15) is 72.4 Å². The first-order valence-electron chi connectivity index (χ1n) is 20.8. The zero-order valence-corrected chi connectivity index (χ0v) is 36.8. The second-order valence-corrected chi connectivity index (χ2v) is 12.5. The number of anilines is 1. The molecule has 1 nitrogen and oxygen atoms in total. The largest absolute Gasteiger partial charge is 0.399 e. The topological polar surface area (TPSA) is 26.0 Å². The van der Waals surface area contributed by atoms with Crippen molar-refractivity contribution in [3.8, 4) is 22.3 Å². The standard InChI is InChI=1S/C13H16.C12H11N.C12H10.C7H8.C6H6.C3H8.2C2H6/c1-3-4-8-12(2)11-13-9-6-5-7-10-13;13-12-8-6-11(7-9-12)10-4-2-1-3-5-10;1-3-7-11(8-4-1)12-9-5-2-6-10-12;1-7-5-3-2-4-6-7;1-2-4-6-5-3-1;1-3-2;2*1-2/h3,5-10H,1,4,11H2,2H3;1-9H,13H2;1-10H;2-6H,1H3;1-6H;3H2,1-2H3;2*1-2H3/b12-8-;;;;;;;. The number of nitrogens with two attached hydrogens (primary N) is 1. The summed E-state index contributed by atoms with van der Waals surface area (Å²) >= 11 is 0. The monoisotopic (exact) mass is 770 g/mol. The molecule has 7 aromatic rings. The molecule has 1 heteroatoms. The third kappa shape index (κ3) is 27.4. The lowest BCUT2D eigenvalue weighted by atomic mass is 10.1. The predicted molar refractivity (Wildman–Crippen MR) is 263 cm³/mol. The van der Waals surface area contributed by atoms with Gasteiger partial charge in [0.2, 0.25) is 0 Å². The van der Waals surface area contributed by atoms with Crippen molar-refractivity contribution in [2.75, 3.05) is 5.73 Å². The van der Waals surface area contributed by atoms with Gasteiger partial charge in [0.05, 0.1) is 0 Å². The van der Waals surface area contributed by atoms with Gasteiger partial charge in [0, 0.05) is 5.69 Å². The number of benzene rings is 7. The van der Waals surface area contributed by atoms with E-state index in [4.69, 9.17) is 5.73 Å². The maximum absolute atomic E-state index is 5.60. The van der Waals surface area contributed by atoms with Gasteiger partial charge in [0.1, 0.15) is 0 Å². The summed E-state index contributed by atoms with van der Waals surface area (Å²) in [5, 5.41) is 0. The predicted octanol–water partition coefficient (Wildman–Crippen LogP) is 17.2. The lowest BCUT2D eigenvalue weighted by Crippen LogP contribution is -1.85. The molecule has 0 aliphatic carbocycles. The fraction of sp³-hybridized carbons (Fsp3) is 0.193. The number of rotatable bonds is 6. The van der Waals surface area contributed by atoms with Crippen LogP contribution in [0.2, 0.25) is 0 Å². The summed E-state index contributed by atoms with van der Waals surface area (Å²) in [5.41, 5.74) is 15.5. The highest BCUT2D eigenvalue weighted by Gasteiger charge is 1.95. The minimum absolute atomic E-state index is 0.805. The highest BCUT2D eigenvalue weighted by molar-refractivity contribution is 5.65. The fourth-order valence-electron chi connectivity index (χ4n) is 4.76. The average molecular weight is 770 g/mol. The molecule has 0 amide bonds. The van der Waals surface area contributed by atoms with E-state index in [0.29, 0.717) is 0 Å². The van der Waals surface area contributed by atoms with E-state index in [1.54, 1.807) is 0 Å². The molecule has 0 saturated carbocycles. The van der Waals surface area contributed by atoms with E-state index < -0.39 is 0 Å². The number of allylic oxidation sites excluding steroid dienone is 3. The minimum Gasteiger partial charge on any atom is -0.399 e. The third-order valence-corrected chi connectivity index (χ3v) is 7.46. The van der Waals surface area contributed by atoms with Crippen LogP contribution in [0.3, 0.4) is 0 Å². The molecular formula is C57H71N.